The van der Waals surface area contributed by atoms with E-state index in [0.717, 1.165) is 11.1 Å². The molecule has 0 aliphatic rings. The van der Waals surface area contributed by atoms with Crippen molar-refractivity contribution in [3.05, 3.63) is 71.0 Å². The maximum absolute atomic E-state index is 13.2. The summed E-state index contributed by atoms with van der Waals surface area (Å²) in [5.74, 6) is -0.443. The molecule has 0 amide bonds. The molecule has 0 aromatic heterocycles. The zero-order chi connectivity index (χ0) is 13.8. The fraction of sp³-hybridized carbons (Fsp3) is 0.188. The smallest absolute Gasteiger partial charge is 0.158 e. The van der Waals surface area contributed by atoms with Crippen molar-refractivity contribution in [3.63, 3.8) is 0 Å². The van der Waals surface area contributed by atoms with Crippen LogP contribution >= 0.6 is 0 Å². The molecule has 0 saturated carbocycles. The molecule has 2 N–H and O–H groups in total. The Balaban J connectivity index is 2.15. The first kappa shape index (κ1) is 13.4. The largest absolute Gasteiger partial charge is 0.318 e. The lowest BCUT2D eigenvalue weighted by molar-refractivity contribution is -0.119. The Bertz CT molecular complexity index is 581. The Hall–Kier alpha value is -2.00. The van der Waals surface area contributed by atoms with Crippen LogP contribution in [0.5, 0.6) is 0 Å². The van der Waals surface area contributed by atoms with E-state index in [1.807, 2.05) is 37.3 Å². The number of rotatable bonds is 4. The van der Waals surface area contributed by atoms with Crippen molar-refractivity contribution in [1.82, 2.24) is 0 Å². The van der Waals surface area contributed by atoms with Crippen LogP contribution in [0.2, 0.25) is 0 Å². The predicted octanol–water partition coefficient (Wildman–Crippen LogP) is 2.95. The molecule has 2 rings (SSSR count). The van der Waals surface area contributed by atoms with Gasteiger partial charge in [0.15, 0.2) is 5.78 Å². The zero-order valence-corrected chi connectivity index (χ0v) is 10.8. The van der Waals surface area contributed by atoms with Crippen LogP contribution in [-0.2, 0) is 11.2 Å². The summed E-state index contributed by atoms with van der Waals surface area (Å²) in [6.45, 7) is 1.86. The molecule has 2 aromatic rings. The fourth-order valence-corrected chi connectivity index (χ4v) is 1.97. The van der Waals surface area contributed by atoms with E-state index in [-0.39, 0.29) is 18.0 Å². The summed E-state index contributed by atoms with van der Waals surface area (Å²) in [5, 5.41) is 0. The van der Waals surface area contributed by atoms with Gasteiger partial charge in [0.2, 0.25) is 0 Å². The van der Waals surface area contributed by atoms with Crippen LogP contribution in [0, 0.1) is 12.7 Å². The molecule has 0 spiro atoms. The Kier molecular flexibility index (Phi) is 4.07. The van der Waals surface area contributed by atoms with Gasteiger partial charge in [0.25, 0.3) is 0 Å². The van der Waals surface area contributed by atoms with E-state index in [1.165, 1.54) is 12.1 Å². The molecule has 0 saturated heterocycles. The van der Waals surface area contributed by atoms with Crippen LogP contribution in [0.4, 0.5) is 4.39 Å². The van der Waals surface area contributed by atoms with Crippen LogP contribution in [0.25, 0.3) is 0 Å². The minimum absolute atomic E-state index is 0.111. The second-order valence-electron chi connectivity index (χ2n) is 4.60. The molecule has 0 aliphatic carbocycles. The van der Waals surface area contributed by atoms with Crippen LogP contribution in [0.1, 0.15) is 22.7 Å². The third-order valence-corrected chi connectivity index (χ3v) is 3.18. The van der Waals surface area contributed by atoms with E-state index in [2.05, 4.69) is 0 Å². The summed E-state index contributed by atoms with van der Waals surface area (Å²) >= 11 is 0. The highest BCUT2D eigenvalue weighted by molar-refractivity contribution is 5.87. The molecule has 0 bridgehead atoms. The Morgan fingerprint density at radius 2 is 1.89 bits per heavy atom. The minimum atomic E-state index is -0.663. The molecule has 2 aromatic carbocycles. The van der Waals surface area contributed by atoms with Gasteiger partial charge in [0.05, 0.1) is 6.04 Å². The number of nitrogens with two attached hydrogens (primary N) is 1. The van der Waals surface area contributed by atoms with Crippen molar-refractivity contribution in [1.29, 1.82) is 0 Å². The highest BCUT2D eigenvalue weighted by atomic mass is 19.1. The topological polar surface area (TPSA) is 43.1 Å². The number of hydrogen-bond donors (Lipinski definition) is 1. The Labute approximate surface area is 112 Å². The molecular weight excluding hydrogens is 241 g/mol. The standard InChI is InChI=1S/C16H16FNO/c1-11-7-8-14(17)9-13(11)10-15(19)16(18)12-5-3-2-4-6-12/h2-9,16H,10,18H2,1H3/t16-/m1/s1. The molecule has 2 nitrogen and oxygen atoms in total. The van der Waals surface area contributed by atoms with E-state index in [9.17, 15) is 9.18 Å². The molecule has 0 unspecified atom stereocenters. The minimum Gasteiger partial charge on any atom is -0.318 e. The SMILES string of the molecule is Cc1ccc(F)cc1CC(=O)[C@H](N)c1ccccc1. The fourth-order valence-electron chi connectivity index (χ4n) is 1.97. The van der Waals surface area contributed by atoms with Gasteiger partial charge in [-0.3, -0.25) is 4.79 Å². The molecule has 98 valence electrons. The maximum Gasteiger partial charge on any atom is 0.158 e. The van der Waals surface area contributed by atoms with Gasteiger partial charge in [-0.05, 0) is 35.7 Å². The zero-order valence-electron chi connectivity index (χ0n) is 10.8. The number of Topliss-reactive ketones (excluding diaryl/α,β-unsaturated/α-hetero) is 1. The second kappa shape index (κ2) is 5.76. The molecule has 0 heterocycles. The monoisotopic (exact) mass is 257 g/mol. The summed E-state index contributed by atoms with van der Waals surface area (Å²) in [4.78, 5) is 12.1. The normalized spacial score (nSPS) is 12.2. The summed E-state index contributed by atoms with van der Waals surface area (Å²) in [5.41, 5.74) is 8.30. The van der Waals surface area contributed by atoms with Crippen molar-refractivity contribution in [2.45, 2.75) is 19.4 Å². The van der Waals surface area contributed by atoms with E-state index in [1.54, 1.807) is 6.07 Å². The van der Waals surface area contributed by atoms with Gasteiger partial charge in [-0.15, -0.1) is 0 Å². The number of halogens is 1. The number of hydrogen-bond acceptors (Lipinski definition) is 2. The van der Waals surface area contributed by atoms with E-state index >= 15 is 0 Å². The highest BCUT2D eigenvalue weighted by Gasteiger charge is 2.16. The molecule has 1 atom stereocenters. The van der Waals surface area contributed by atoms with Gasteiger partial charge < -0.3 is 5.73 Å². The van der Waals surface area contributed by atoms with Gasteiger partial charge in [-0.2, -0.15) is 0 Å². The van der Waals surface area contributed by atoms with Gasteiger partial charge >= 0.3 is 0 Å². The molecular formula is C16H16FNO. The second-order valence-corrected chi connectivity index (χ2v) is 4.60. The Morgan fingerprint density at radius 1 is 1.21 bits per heavy atom. The van der Waals surface area contributed by atoms with E-state index in [0.29, 0.717) is 5.56 Å². The summed E-state index contributed by atoms with van der Waals surface area (Å²) in [6, 6.07) is 13.0. The van der Waals surface area contributed by atoms with Crippen LogP contribution < -0.4 is 5.73 Å². The first-order valence-corrected chi connectivity index (χ1v) is 6.16. The first-order valence-electron chi connectivity index (χ1n) is 6.16. The van der Waals surface area contributed by atoms with Gasteiger partial charge in [0, 0.05) is 6.42 Å². The summed E-state index contributed by atoms with van der Waals surface area (Å²) < 4.78 is 13.2. The average Bonchev–Trinajstić information content (AvgIpc) is 2.43. The lowest BCUT2D eigenvalue weighted by Crippen LogP contribution is -2.23. The number of carbonyl (C=O) groups excluding carboxylic acids is 1. The van der Waals surface area contributed by atoms with E-state index < -0.39 is 6.04 Å². The first-order chi connectivity index (χ1) is 9.08. The van der Waals surface area contributed by atoms with Crippen molar-refractivity contribution in [3.8, 4) is 0 Å². The number of aryl methyl sites for hydroxylation is 1. The van der Waals surface area contributed by atoms with E-state index in [4.69, 9.17) is 5.73 Å². The van der Waals surface area contributed by atoms with Crippen molar-refractivity contribution in [2.24, 2.45) is 5.73 Å². The highest BCUT2D eigenvalue weighted by Crippen LogP contribution is 2.16. The molecule has 0 fully saturated rings. The van der Waals surface area contributed by atoms with Crippen LogP contribution in [0.15, 0.2) is 48.5 Å². The number of carbonyl (C=O) groups is 1. The van der Waals surface area contributed by atoms with Crippen molar-refractivity contribution in [2.75, 3.05) is 0 Å². The number of ketones is 1. The lowest BCUT2D eigenvalue weighted by Gasteiger charge is -2.12. The molecule has 19 heavy (non-hydrogen) atoms. The Morgan fingerprint density at radius 3 is 2.58 bits per heavy atom. The lowest BCUT2D eigenvalue weighted by atomic mass is 9.96. The molecule has 0 aliphatic heterocycles. The molecule has 0 radical (unpaired) electrons. The van der Waals surface area contributed by atoms with Gasteiger partial charge in [0.1, 0.15) is 5.82 Å². The third kappa shape index (κ3) is 3.26. The van der Waals surface area contributed by atoms with Crippen LogP contribution in [0.3, 0.4) is 0 Å². The number of benzene rings is 2. The van der Waals surface area contributed by atoms with Gasteiger partial charge in [-0.1, -0.05) is 36.4 Å². The van der Waals surface area contributed by atoms with Crippen molar-refractivity contribution < 1.29 is 9.18 Å². The summed E-state index contributed by atoms with van der Waals surface area (Å²) in [6.07, 6.45) is 0.152. The van der Waals surface area contributed by atoms with Gasteiger partial charge in [-0.25, -0.2) is 4.39 Å². The predicted molar refractivity (Wildman–Crippen MR) is 73.2 cm³/mol. The molecule has 3 heteroatoms. The third-order valence-electron chi connectivity index (χ3n) is 3.18. The quantitative estimate of drug-likeness (QED) is 0.915. The average molecular weight is 257 g/mol. The maximum atomic E-state index is 13.2. The summed E-state index contributed by atoms with van der Waals surface area (Å²) in [7, 11) is 0. The van der Waals surface area contributed by atoms with Crippen molar-refractivity contribution >= 4 is 5.78 Å². The van der Waals surface area contributed by atoms with Crippen LogP contribution in [-0.4, -0.2) is 5.78 Å².